The highest BCUT2D eigenvalue weighted by Crippen LogP contribution is 2.50. The van der Waals surface area contributed by atoms with Gasteiger partial charge in [-0.25, -0.2) is 4.79 Å². The van der Waals surface area contributed by atoms with E-state index in [-0.39, 0.29) is 50.7 Å². The van der Waals surface area contributed by atoms with E-state index in [1.165, 1.54) is 53.2 Å². The summed E-state index contributed by atoms with van der Waals surface area (Å²) < 4.78 is 29.9. The summed E-state index contributed by atoms with van der Waals surface area (Å²) in [4.78, 5) is 86.9. The van der Waals surface area contributed by atoms with Gasteiger partial charge < -0.3 is 44.1 Å². The Balaban J connectivity index is 1.55. The molecular weight excluding hydrogens is 825 g/mol. The van der Waals surface area contributed by atoms with Crippen molar-refractivity contribution in [3.63, 3.8) is 0 Å². The quantitative estimate of drug-likeness (QED) is 0.237. The largest absolute Gasteiger partial charge is 0.462 e. The number of nitrogens with one attached hydrogen (secondary N) is 1. The molecule has 0 spiro atoms. The molecule has 7 rings (SSSR count). The van der Waals surface area contributed by atoms with Crippen molar-refractivity contribution >= 4 is 35.2 Å². The Labute approximate surface area is 373 Å². The Kier molecular flexibility index (Phi) is 14.2. The number of rotatable bonds is 5. The van der Waals surface area contributed by atoms with E-state index in [0.29, 0.717) is 25.9 Å². The van der Waals surface area contributed by atoms with Crippen LogP contribution in [0.2, 0.25) is 0 Å². The standard InChI is InChI=1S/C49H58N2O13/c1-24-16-18-32(19-17-24)48(59)63-44-30(7)45-36-34-35(44)41(55)37(38(42(34)56)51-21-11-12-22-51)50-47(58)26(3)15-13-14-25(2)39(53)28(5)40(54)29(6)43(62-31(8)52)27(4)33(60-10)20-23-61-49(9,64-45)46(36)57/h13-20,23,25,27-29,33,39-40,43,53-54H,11-12,21-22H2,1-10H3,(H,50,58). The van der Waals surface area contributed by atoms with E-state index in [9.17, 15) is 29.4 Å². The van der Waals surface area contributed by atoms with Crippen molar-refractivity contribution < 1.29 is 62.7 Å². The van der Waals surface area contributed by atoms with E-state index in [4.69, 9.17) is 23.7 Å². The number of Topliss-reactive ketones (excluding diaryl/α,β-unsaturated/α-hetero) is 3. The van der Waals surface area contributed by atoms with Gasteiger partial charge in [0.2, 0.25) is 11.6 Å². The smallest absolute Gasteiger partial charge is 0.343 e. The lowest BCUT2D eigenvalue weighted by atomic mass is 9.78. The molecule has 0 radical (unpaired) electrons. The number of ether oxygens (including phenoxy) is 5. The van der Waals surface area contributed by atoms with Crippen LogP contribution in [-0.2, 0) is 23.8 Å². The number of fused-ring (bicyclic) bond motifs is 14. The normalized spacial score (nSPS) is 29.0. The Bertz CT molecular complexity index is 2350. The lowest BCUT2D eigenvalue weighted by molar-refractivity contribution is -0.160. The van der Waals surface area contributed by atoms with Crippen molar-refractivity contribution in [1.82, 2.24) is 10.2 Å². The van der Waals surface area contributed by atoms with Gasteiger partial charge in [0.05, 0.1) is 46.8 Å². The highest BCUT2D eigenvalue weighted by atomic mass is 16.7. The number of nitrogens with zero attached hydrogens (tertiary/aromatic N) is 1. The van der Waals surface area contributed by atoms with Crippen molar-refractivity contribution in [3.8, 4) is 11.5 Å². The number of aliphatic hydroxyl groups is 2. The lowest BCUT2D eigenvalue weighted by Gasteiger charge is -2.38. The topological polar surface area (TPSA) is 204 Å². The van der Waals surface area contributed by atoms with E-state index in [2.05, 4.69) is 5.32 Å². The first-order chi connectivity index (χ1) is 30.2. The molecule has 0 saturated carbocycles. The summed E-state index contributed by atoms with van der Waals surface area (Å²) in [5, 5.41) is 25.7. The zero-order valence-electron chi connectivity index (χ0n) is 38.0. The second kappa shape index (κ2) is 19.1. The van der Waals surface area contributed by atoms with Crippen molar-refractivity contribution in [2.75, 3.05) is 20.2 Å². The molecule has 3 N–H and O–H groups in total. The molecule has 2 aromatic rings. The number of ketones is 3. The van der Waals surface area contributed by atoms with Crippen LogP contribution in [0.5, 0.6) is 11.5 Å². The van der Waals surface area contributed by atoms with Crippen LogP contribution >= 0.6 is 0 Å². The van der Waals surface area contributed by atoms with Gasteiger partial charge in [-0.05, 0) is 51.8 Å². The molecule has 0 aromatic heterocycles. The van der Waals surface area contributed by atoms with Crippen LogP contribution in [-0.4, -0.2) is 101 Å². The van der Waals surface area contributed by atoms with Gasteiger partial charge in [0.1, 0.15) is 29.0 Å². The number of hydrogen-bond acceptors (Lipinski definition) is 14. The summed E-state index contributed by atoms with van der Waals surface area (Å²) in [5.41, 5.74) is -0.259. The number of methoxy groups -OCH3 is 1. The lowest BCUT2D eigenvalue weighted by Crippen LogP contribution is -2.46. The van der Waals surface area contributed by atoms with Crippen molar-refractivity contribution in [2.45, 2.75) is 105 Å². The van der Waals surface area contributed by atoms with Gasteiger partial charge in [-0.2, -0.15) is 0 Å². The molecule has 9 atom stereocenters. The van der Waals surface area contributed by atoms with Gasteiger partial charge in [0, 0.05) is 68.9 Å². The average molecular weight is 883 g/mol. The highest BCUT2D eigenvalue weighted by Gasteiger charge is 2.53. The predicted molar refractivity (Wildman–Crippen MR) is 233 cm³/mol. The predicted octanol–water partition coefficient (Wildman–Crippen LogP) is 5.88. The van der Waals surface area contributed by atoms with E-state index < -0.39 is 94.6 Å². The second-order valence-electron chi connectivity index (χ2n) is 17.4. The van der Waals surface area contributed by atoms with E-state index in [0.717, 1.165) is 5.56 Å². The number of likely N-dealkylation sites (tertiary alicyclic amines) is 1. The molecule has 342 valence electrons. The molecular formula is C49H58N2O13. The first-order valence-electron chi connectivity index (χ1n) is 21.6. The molecule has 4 aliphatic heterocycles. The molecule has 1 aliphatic carbocycles. The number of carbonyl (C=O) groups is 6. The van der Waals surface area contributed by atoms with Gasteiger partial charge in [-0.15, -0.1) is 0 Å². The fourth-order valence-electron chi connectivity index (χ4n) is 8.87. The maximum Gasteiger partial charge on any atom is 0.343 e. The average Bonchev–Trinajstić information content (AvgIpc) is 3.89. The van der Waals surface area contributed by atoms with Crippen molar-refractivity contribution in [2.24, 2.45) is 23.7 Å². The van der Waals surface area contributed by atoms with Crippen LogP contribution in [0, 0.1) is 37.5 Å². The summed E-state index contributed by atoms with van der Waals surface area (Å²) >= 11 is 0. The van der Waals surface area contributed by atoms with Gasteiger partial charge in [0.15, 0.2) is 0 Å². The van der Waals surface area contributed by atoms with E-state index >= 15 is 9.59 Å². The fourth-order valence-corrected chi connectivity index (χ4v) is 8.87. The van der Waals surface area contributed by atoms with Gasteiger partial charge in [-0.3, -0.25) is 24.0 Å². The van der Waals surface area contributed by atoms with Crippen molar-refractivity contribution in [3.05, 3.63) is 105 Å². The molecule has 5 aliphatic rings. The molecule has 1 amide bonds. The summed E-state index contributed by atoms with van der Waals surface area (Å²) in [6.45, 7) is 15.1. The highest BCUT2D eigenvalue weighted by molar-refractivity contribution is 6.32. The van der Waals surface area contributed by atoms with Crippen LogP contribution in [0.4, 0.5) is 0 Å². The van der Waals surface area contributed by atoms with Crippen LogP contribution in [0.15, 0.2) is 71.8 Å². The Morgan fingerprint density at radius 1 is 0.859 bits per heavy atom. The maximum atomic E-state index is 15.1. The number of carbonyl (C=O) groups excluding carboxylic acids is 6. The number of benzene rings is 2. The van der Waals surface area contributed by atoms with Gasteiger partial charge in [0.25, 0.3) is 11.7 Å². The van der Waals surface area contributed by atoms with Crippen LogP contribution in [0.1, 0.15) is 114 Å². The van der Waals surface area contributed by atoms with Gasteiger partial charge >= 0.3 is 17.7 Å². The minimum atomic E-state index is -2.13. The fraction of sp³-hybridized carbons (Fsp3) is 0.469. The molecule has 2 aromatic carbocycles. The Hall–Kier alpha value is -5.90. The Morgan fingerprint density at radius 3 is 2.14 bits per heavy atom. The number of amides is 1. The summed E-state index contributed by atoms with van der Waals surface area (Å²) in [5.74, 6) is -9.78. The Morgan fingerprint density at radius 2 is 1.52 bits per heavy atom. The number of hydrogen-bond donors (Lipinski definition) is 3. The third-order valence-corrected chi connectivity index (χ3v) is 12.8. The second-order valence-corrected chi connectivity index (χ2v) is 17.4. The number of esters is 2. The SMILES string of the molecule is COC1C=COC2(C)Oc3c(C)c(OC(=O)c4ccc(C)cc4)c4c(c3C2=O)C(=O)C(N2CCCC2)=C(NC(=O)C(C)=CC=CC(C)C(O)C(C)C(O)C(C)C(OC(C)=O)C1C)C4=O. The molecule has 4 heterocycles. The van der Waals surface area contributed by atoms with Crippen LogP contribution in [0.3, 0.4) is 0 Å². The maximum absolute atomic E-state index is 15.1. The minimum absolute atomic E-state index is 0.0488. The molecule has 15 nitrogen and oxygen atoms in total. The summed E-state index contributed by atoms with van der Waals surface area (Å²) in [7, 11) is 1.43. The summed E-state index contributed by atoms with van der Waals surface area (Å²) in [6, 6.07) is 6.53. The number of allylic oxidation sites excluding steroid dienone is 4. The first-order valence-corrected chi connectivity index (χ1v) is 21.6. The number of aryl methyl sites for hydroxylation is 1. The molecule has 9 unspecified atom stereocenters. The molecule has 64 heavy (non-hydrogen) atoms. The minimum Gasteiger partial charge on any atom is -0.462 e. The monoisotopic (exact) mass is 882 g/mol. The van der Waals surface area contributed by atoms with Crippen molar-refractivity contribution in [1.29, 1.82) is 0 Å². The van der Waals surface area contributed by atoms with E-state index in [1.807, 2.05) is 6.92 Å². The zero-order chi connectivity index (χ0) is 46.9. The zero-order valence-corrected chi connectivity index (χ0v) is 38.0. The molecule has 1 fully saturated rings. The van der Waals surface area contributed by atoms with E-state index in [1.54, 1.807) is 69.0 Å². The molecule has 1 saturated heterocycles. The van der Waals surface area contributed by atoms with Crippen LogP contribution in [0.25, 0.3) is 0 Å². The van der Waals surface area contributed by atoms with Gasteiger partial charge in [-0.1, -0.05) is 63.6 Å². The third-order valence-electron chi connectivity index (χ3n) is 12.8. The third kappa shape index (κ3) is 9.06. The number of aliphatic hydroxyl groups excluding tert-OH is 2. The summed E-state index contributed by atoms with van der Waals surface area (Å²) in [6.07, 6.45) is 4.79. The first kappa shape index (κ1) is 47.6. The molecule has 5 bridgehead atoms. The van der Waals surface area contributed by atoms with Crippen LogP contribution < -0.4 is 14.8 Å². The molecule has 15 heteroatoms.